The Morgan fingerprint density at radius 2 is 2.17 bits per heavy atom. The number of amides is 1. The van der Waals surface area contributed by atoms with Gasteiger partial charge < -0.3 is 9.64 Å². The van der Waals surface area contributed by atoms with Gasteiger partial charge in [-0.3, -0.25) is 4.79 Å². The minimum absolute atomic E-state index is 0.119. The third-order valence-corrected chi connectivity index (χ3v) is 3.89. The number of hydrogen-bond donors (Lipinski definition) is 0. The highest BCUT2D eigenvalue weighted by atomic mass is 19.1. The van der Waals surface area contributed by atoms with E-state index in [1.807, 2.05) is 0 Å². The van der Waals surface area contributed by atoms with Crippen molar-refractivity contribution in [1.29, 1.82) is 5.26 Å². The summed E-state index contributed by atoms with van der Waals surface area (Å²) in [6, 6.07) is 2.20. The van der Waals surface area contributed by atoms with Gasteiger partial charge in [-0.2, -0.15) is 5.26 Å². The highest BCUT2D eigenvalue weighted by Gasteiger charge is 2.44. The summed E-state index contributed by atoms with van der Waals surface area (Å²) in [4.78, 5) is 14.1. The standard InChI is InChI=1S/C13H19FN2O2/c14-8-11-9-16(6-3-7-18-11)12(17)13(10-15)4-1-2-5-13/h11H,1-9H2. The molecule has 0 radical (unpaired) electrons. The highest BCUT2D eigenvalue weighted by molar-refractivity contribution is 5.85. The maximum atomic E-state index is 12.7. The zero-order chi connectivity index (χ0) is 13.0. The lowest BCUT2D eigenvalue weighted by atomic mass is 9.86. The van der Waals surface area contributed by atoms with Crippen molar-refractivity contribution in [3.05, 3.63) is 0 Å². The van der Waals surface area contributed by atoms with Crippen LogP contribution in [0.5, 0.6) is 0 Å². The van der Waals surface area contributed by atoms with E-state index in [2.05, 4.69) is 6.07 Å². The lowest BCUT2D eigenvalue weighted by molar-refractivity contribution is -0.139. The second kappa shape index (κ2) is 5.66. The van der Waals surface area contributed by atoms with E-state index < -0.39 is 18.2 Å². The van der Waals surface area contributed by atoms with Crippen molar-refractivity contribution in [2.45, 2.75) is 38.2 Å². The van der Waals surface area contributed by atoms with Crippen LogP contribution >= 0.6 is 0 Å². The van der Waals surface area contributed by atoms with E-state index in [1.165, 1.54) is 0 Å². The average Bonchev–Trinajstić information content (AvgIpc) is 2.77. The van der Waals surface area contributed by atoms with Crippen LogP contribution in [-0.2, 0) is 9.53 Å². The molecule has 1 aliphatic heterocycles. The van der Waals surface area contributed by atoms with Gasteiger partial charge in [0, 0.05) is 19.7 Å². The van der Waals surface area contributed by atoms with Crippen molar-refractivity contribution in [3.8, 4) is 6.07 Å². The minimum atomic E-state index is -0.856. The number of alkyl halides is 1. The van der Waals surface area contributed by atoms with Crippen molar-refractivity contribution in [2.75, 3.05) is 26.4 Å². The Bertz CT molecular complexity index is 347. The fourth-order valence-electron chi connectivity index (χ4n) is 2.83. The Morgan fingerprint density at radius 3 is 2.78 bits per heavy atom. The first-order valence-corrected chi connectivity index (χ1v) is 6.60. The molecule has 1 heterocycles. The smallest absolute Gasteiger partial charge is 0.243 e. The van der Waals surface area contributed by atoms with Gasteiger partial charge in [0.1, 0.15) is 18.2 Å². The quantitative estimate of drug-likeness (QED) is 0.753. The molecule has 0 spiro atoms. The average molecular weight is 254 g/mol. The monoisotopic (exact) mass is 254 g/mol. The number of rotatable bonds is 2. The van der Waals surface area contributed by atoms with Crippen LogP contribution in [0.1, 0.15) is 32.1 Å². The number of carbonyl (C=O) groups is 1. The molecule has 0 aromatic heterocycles. The third-order valence-electron chi connectivity index (χ3n) is 3.89. The number of nitrogens with zero attached hydrogens (tertiary/aromatic N) is 2. The molecule has 100 valence electrons. The van der Waals surface area contributed by atoms with E-state index in [0.717, 1.165) is 12.8 Å². The van der Waals surface area contributed by atoms with E-state index >= 15 is 0 Å². The number of carbonyl (C=O) groups excluding carboxylic acids is 1. The third kappa shape index (κ3) is 2.49. The second-order valence-electron chi connectivity index (χ2n) is 5.15. The molecule has 5 heteroatoms. The van der Waals surface area contributed by atoms with Crippen LogP contribution in [0.4, 0.5) is 4.39 Å². The van der Waals surface area contributed by atoms with Crippen LogP contribution in [0.3, 0.4) is 0 Å². The predicted octanol–water partition coefficient (Wildman–Crippen LogP) is 1.66. The molecular formula is C13H19FN2O2. The molecular weight excluding hydrogens is 235 g/mol. The second-order valence-corrected chi connectivity index (χ2v) is 5.15. The summed E-state index contributed by atoms with van der Waals surface area (Å²) in [5, 5.41) is 9.31. The minimum Gasteiger partial charge on any atom is -0.374 e. The van der Waals surface area contributed by atoms with Gasteiger partial charge in [-0.1, -0.05) is 12.8 Å². The number of halogens is 1. The fraction of sp³-hybridized carbons (Fsp3) is 0.846. The Morgan fingerprint density at radius 1 is 1.44 bits per heavy atom. The fourth-order valence-corrected chi connectivity index (χ4v) is 2.83. The maximum absolute atomic E-state index is 12.7. The summed E-state index contributed by atoms with van der Waals surface area (Å²) < 4.78 is 18.0. The molecule has 2 rings (SSSR count). The molecule has 2 fully saturated rings. The van der Waals surface area contributed by atoms with E-state index in [4.69, 9.17) is 4.74 Å². The predicted molar refractivity (Wildman–Crippen MR) is 63.4 cm³/mol. The van der Waals surface area contributed by atoms with E-state index in [0.29, 0.717) is 32.4 Å². The van der Waals surface area contributed by atoms with Gasteiger partial charge in [0.15, 0.2) is 0 Å². The van der Waals surface area contributed by atoms with Gasteiger partial charge in [-0.05, 0) is 19.3 Å². The van der Waals surface area contributed by atoms with Crippen LogP contribution in [0.15, 0.2) is 0 Å². The molecule has 1 amide bonds. The topological polar surface area (TPSA) is 53.3 Å². The molecule has 0 aromatic rings. The summed E-state index contributed by atoms with van der Waals surface area (Å²) in [6.07, 6.45) is 3.31. The number of hydrogen-bond acceptors (Lipinski definition) is 3. The van der Waals surface area contributed by atoms with Gasteiger partial charge in [0.05, 0.1) is 6.07 Å². The molecule has 4 nitrogen and oxygen atoms in total. The summed E-state index contributed by atoms with van der Waals surface area (Å²) in [5.41, 5.74) is -0.856. The molecule has 1 aliphatic carbocycles. The molecule has 18 heavy (non-hydrogen) atoms. The maximum Gasteiger partial charge on any atom is 0.243 e. The first-order chi connectivity index (χ1) is 8.72. The molecule has 1 saturated heterocycles. The van der Waals surface area contributed by atoms with E-state index in [-0.39, 0.29) is 12.5 Å². The highest BCUT2D eigenvalue weighted by Crippen LogP contribution is 2.39. The van der Waals surface area contributed by atoms with Crippen molar-refractivity contribution in [3.63, 3.8) is 0 Å². The van der Waals surface area contributed by atoms with Gasteiger partial charge in [0.2, 0.25) is 5.91 Å². The summed E-state index contributed by atoms with van der Waals surface area (Å²) in [5.74, 6) is -0.119. The van der Waals surface area contributed by atoms with Crippen LogP contribution in [-0.4, -0.2) is 43.3 Å². The molecule has 1 atom stereocenters. The van der Waals surface area contributed by atoms with Gasteiger partial charge in [0.25, 0.3) is 0 Å². The molecule has 0 bridgehead atoms. The van der Waals surface area contributed by atoms with Crippen LogP contribution in [0, 0.1) is 16.7 Å². The Balaban J connectivity index is 2.09. The van der Waals surface area contributed by atoms with E-state index in [9.17, 15) is 14.4 Å². The Labute approximate surface area is 107 Å². The SMILES string of the molecule is N#CC1(C(=O)N2CCCOC(CF)C2)CCCC1. The van der Waals surface area contributed by atoms with Crippen molar-refractivity contribution >= 4 is 5.91 Å². The largest absolute Gasteiger partial charge is 0.374 e. The van der Waals surface area contributed by atoms with Gasteiger partial charge in [-0.25, -0.2) is 4.39 Å². The molecule has 2 aliphatic rings. The van der Waals surface area contributed by atoms with Gasteiger partial charge in [-0.15, -0.1) is 0 Å². The van der Waals surface area contributed by atoms with Crippen molar-refractivity contribution < 1.29 is 13.9 Å². The Hall–Kier alpha value is -1.15. The molecule has 1 unspecified atom stereocenters. The molecule has 1 saturated carbocycles. The van der Waals surface area contributed by atoms with Crippen LogP contribution in [0.2, 0.25) is 0 Å². The van der Waals surface area contributed by atoms with Crippen LogP contribution in [0.25, 0.3) is 0 Å². The summed E-state index contributed by atoms with van der Waals surface area (Å²) >= 11 is 0. The van der Waals surface area contributed by atoms with E-state index in [1.54, 1.807) is 4.90 Å². The lowest BCUT2D eigenvalue weighted by Crippen LogP contribution is -2.45. The first-order valence-electron chi connectivity index (χ1n) is 6.60. The van der Waals surface area contributed by atoms with Crippen molar-refractivity contribution in [1.82, 2.24) is 4.90 Å². The van der Waals surface area contributed by atoms with Crippen molar-refractivity contribution in [2.24, 2.45) is 5.41 Å². The lowest BCUT2D eigenvalue weighted by Gasteiger charge is -2.29. The Kier molecular flexibility index (Phi) is 4.18. The van der Waals surface area contributed by atoms with Gasteiger partial charge >= 0.3 is 0 Å². The molecule has 0 N–H and O–H groups in total. The zero-order valence-corrected chi connectivity index (χ0v) is 10.5. The number of ether oxygens (including phenoxy) is 1. The molecule has 0 aromatic carbocycles. The van der Waals surface area contributed by atoms with Crippen LogP contribution < -0.4 is 0 Å². The summed E-state index contributed by atoms with van der Waals surface area (Å²) in [6.45, 7) is 0.749. The zero-order valence-electron chi connectivity index (χ0n) is 10.5. The number of nitriles is 1. The normalized spacial score (nSPS) is 27.6. The summed E-state index contributed by atoms with van der Waals surface area (Å²) in [7, 11) is 0. The first kappa shape index (κ1) is 13.3.